The molecule has 0 aromatic carbocycles. The summed E-state index contributed by atoms with van der Waals surface area (Å²) in [5, 5.41) is 9.27. The molecule has 1 fully saturated rings. The molecule has 94 valence electrons. The van der Waals surface area contributed by atoms with Crippen LogP contribution in [-0.2, 0) is 4.79 Å². The largest absolute Gasteiger partial charge is 0.392 e. The standard InChI is InChI=1S/C12H24N2O2/c1-3-4-5-12(16)14-8-6-13(7-9-14)10-11(2)15/h11,15H,3-10H2,1-2H3. The van der Waals surface area contributed by atoms with E-state index in [4.69, 9.17) is 0 Å². The van der Waals surface area contributed by atoms with Crippen LogP contribution in [0.5, 0.6) is 0 Å². The SMILES string of the molecule is CCCCC(=O)N1CCN(CC(C)O)CC1. The van der Waals surface area contributed by atoms with Crippen LogP contribution in [0.3, 0.4) is 0 Å². The Hall–Kier alpha value is -0.610. The Kier molecular flexibility index (Phi) is 5.77. The van der Waals surface area contributed by atoms with Crippen molar-refractivity contribution >= 4 is 5.91 Å². The first-order valence-corrected chi connectivity index (χ1v) is 6.31. The minimum atomic E-state index is -0.276. The number of hydrogen-bond acceptors (Lipinski definition) is 3. The predicted octanol–water partition coefficient (Wildman–Crippen LogP) is 0.702. The third-order valence-corrected chi connectivity index (χ3v) is 2.99. The molecule has 1 saturated heterocycles. The van der Waals surface area contributed by atoms with Gasteiger partial charge in [-0.3, -0.25) is 9.69 Å². The first-order valence-electron chi connectivity index (χ1n) is 6.31. The number of aliphatic hydroxyl groups is 1. The summed E-state index contributed by atoms with van der Waals surface area (Å²) in [7, 11) is 0. The van der Waals surface area contributed by atoms with Gasteiger partial charge in [0.1, 0.15) is 0 Å². The number of rotatable bonds is 5. The van der Waals surface area contributed by atoms with Gasteiger partial charge in [0.05, 0.1) is 6.10 Å². The summed E-state index contributed by atoms with van der Waals surface area (Å²) in [6.45, 7) is 8.04. The number of carbonyl (C=O) groups is 1. The summed E-state index contributed by atoms with van der Waals surface area (Å²) in [4.78, 5) is 15.9. The van der Waals surface area contributed by atoms with E-state index < -0.39 is 0 Å². The van der Waals surface area contributed by atoms with Crippen LogP contribution in [0.25, 0.3) is 0 Å². The van der Waals surface area contributed by atoms with Crippen molar-refractivity contribution in [2.75, 3.05) is 32.7 Å². The molecule has 1 unspecified atom stereocenters. The maximum absolute atomic E-state index is 11.7. The summed E-state index contributed by atoms with van der Waals surface area (Å²) in [5.41, 5.74) is 0. The Labute approximate surface area is 98.2 Å². The lowest BCUT2D eigenvalue weighted by molar-refractivity contribution is -0.133. The summed E-state index contributed by atoms with van der Waals surface area (Å²) in [6, 6.07) is 0. The molecule has 0 saturated carbocycles. The van der Waals surface area contributed by atoms with Gasteiger partial charge in [0, 0.05) is 39.1 Å². The second kappa shape index (κ2) is 6.86. The lowest BCUT2D eigenvalue weighted by Crippen LogP contribution is -2.50. The zero-order chi connectivity index (χ0) is 12.0. The zero-order valence-corrected chi connectivity index (χ0v) is 10.5. The lowest BCUT2D eigenvalue weighted by atomic mass is 10.2. The molecule has 1 aliphatic rings. The van der Waals surface area contributed by atoms with E-state index >= 15 is 0 Å². The zero-order valence-electron chi connectivity index (χ0n) is 10.5. The maximum Gasteiger partial charge on any atom is 0.222 e. The predicted molar refractivity (Wildman–Crippen MR) is 64.2 cm³/mol. The molecule has 1 heterocycles. The number of piperazine rings is 1. The molecule has 0 aromatic heterocycles. The average Bonchev–Trinajstić information content (AvgIpc) is 2.26. The lowest BCUT2D eigenvalue weighted by Gasteiger charge is -2.35. The molecular formula is C12H24N2O2. The van der Waals surface area contributed by atoms with E-state index in [-0.39, 0.29) is 6.10 Å². The molecule has 1 rings (SSSR count). The monoisotopic (exact) mass is 228 g/mol. The van der Waals surface area contributed by atoms with E-state index in [1.807, 2.05) is 4.90 Å². The van der Waals surface area contributed by atoms with Gasteiger partial charge in [0.2, 0.25) is 5.91 Å². The Morgan fingerprint density at radius 1 is 1.31 bits per heavy atom. The van der Waals surface area contributed by atoms with Crippen LogP contribution in [0.4, 0.5) is 0 Å². The van der Waals surface area contributed by atoms with Gasteiger partial charge >= 0.3 is 0 Å². The molecule has 0 aromatic rings. The van der Waals surface area contributed by atoms with E-state index in [0.29, 0.717) is 12.3 Å². The first kappa shape index (κ1) is 13.5. The van der Waals surface area contributed by atoms with E-state index in [9.17, 15) is 9.90 Å². The van der Waals surface area contributed by atoms with Gasteiger partial charge in [-0.2, -0.15) is 0 Å². The minimum Gasteiger partial charge on any atom is -0.392 e. The number of nitrogens with zero attached hydrogens (tertiary/aromatic N) is 2. The second-order valence-electron chi connectivity index (χ2n) is 4.63. The summed E-state index contributed by atoms with van der Waals surface area (Å²) < 4.78 is 0. The third kappa shape index (κ3) is 4.49. The molecular weight excluding hydrogens is 204 g/mol. The fourth-order valence-corrected chi connectivity index (χ4v) is 2.04. The van der Waals surface area contributed by atoms with Crippen LogP contribution >= 0.6 is 0 Å². The smallest absolute Gasteiger partial charge is 0.222 e. The van der Waals surface area contributed by atoms with E-state index in [1.54, 1.807) is 6.92 Å². The topological polar surface area (TPSA) is 43.8 Å². The molecule has 0 radical (unpaired) electrons. The van der Waals surface area contributed by atoms with Gasteiger partial charge in [0.15, 0.2) is 0 Å². The van der Waals surface area contributed by atoms with Gasteiger partial charge in [-0.15, -0.1) is 0 Å². The normalized spacial score (nSPS) is 19.8. The molecule has 1 N–H and O–H groups in total. The molecule has 0 spiro atoms. The van der Waals surface area contributed by atoms with Crippen molar-refractivity contribution in [3.8, 4) is 0 Å². The van der Waals surface area contributed by atoms with Gasteiger partial charge < -0.3 is 10.0 Å². The van der Waals surface area contributed by atoms with Crippen LogP contribution in [0, 0.1) is 0 Å². The van der Waals surface area contributed by atoms with Gasteiger partial charge in [-0.05, 0) is 13.3 Å². The Bertz CT molecular complexity index is 211. The average molecular weight is 228 g/mol. The van der Waals surface area contributed by atoms with Gasteiger partial charge in [0.25, 0.3) is 0 Å². The molecule has 1 atom stereocenters. The summed E-state index contributed by atoms with van der Waals surface area (Å²) in [6.07, 6.45) is 2.48. The number of carbonyl (C=O) groups excluding carboxylic acids is 1. The van der Waals surface area contributed by atoms with Crippen LogP contribution < -0.4 is 0 Å². The number of unbranched alkanes of at least 4 members (excludes halogenated alkanes) is 1. The van der Waals surface area contributed by atoms with Crippen LogP contribution in [0.15, 0.2) is 0 Å². The highest BCUT2D eigenvalue weighted by Crippen LogP contribution is 2.06. The van der Waals surface area contributed by atoms with Crippen molar-refractivity contribution in [1.82, 2.24) is 9.80 Å². The molecule has 1 amide bonds. The second-order valence-corrected chi connectivity index (χ2v) is 4.63. The third-order valence-electron chi connectivity index (χ3n) is 2.99. The van der Waals surface area contributed by atoms with Crippen LogP contribution in [0.2, 0.25) is 0 Å². The number of β-amino-alcohol motifs (C(OH)–C–C–N with tert-alkyl or cyclic N) is 1. The van der Waals surface area contributed by atoms with Gasteiger partial charge in [-0.1, -0.05) is 13.3 Å². The van der Waals surface area contributed by atoms with Crippen molar-refractivity contribution in [3.05, 3.63) is 0 Å². The number of amides is 1. The van der Waals surface area contributed by atoms with E-state index in [2.05, 4.69) is 11.8 Å². The molecule has 0 bridgehead atoms. The Morgan fingerprint density at radius 2 is 1.94 bits per heavy atom. The fraction of sp³-hybridized carbons (Fsp3) is 0.917. The highest BCUT2D eigenvalue weighted by Gasteiger charge is 2.20. The van der Waals surface area contributed by atoms with Crippen molar-refractivity contribution in [1.29, 1.82) is 0 Å². The summed E-state index contributed by atoms with van der Waals surface area (Å²) in [5.74, 6) is 0.290. The van der Waals surface area contributed by atoms with Gasteiger partial charge in [-0.25, -0.2) is 0 Å². The summed E-state index contributed by atoms with van der Waals surface area (Å²) >= 11 is 0. The minimum absolute atomic E-state index is 0.276. The van der Waals surface area contributed by atoms with E-state index in [0.717, 1.165) is 45.6 Å². The molecule has 4 nitrogen and oxygen atoms in total. The van der Waals surface area contributed by atoms with E-state index in [1.165, 1.54) is 0 Å². The number of aliphatic hydroxyl groups excluding tert-OH is 1. The maximum atomic E-state index is 11.7. The fourth-order valence-electron chi connectivity index (χ4n) is 2.04. The number of hydrogen-bond donors (Lipinski definition) is 1. The molecule has 4 heteroatoms. The van der Waals surface area contributed by atoms with Crippen molar-refractivity contribution in [3.63, 3.8) is 0 Å². The van der Waals surface area contributed by atoms with Crippen LogP contribution in [-0.4, -0.2) is 59.6 Å². The van der Waals surface area contributed by atoms with Crippen molar-refractivity contribution < 1.29 is 9.90 Å². The first-order chi connectivity index (χ1) is 7.63. The van der Waals surface area contributed by atoms with Crippen molar-refractivity contribution in [2.24, 2.45) is 0 Å². The Balaban J connectivity index is 2.23. The quantitative estimate of drug-likeness (QED) is 0.753. The molecule has 1 aliphatic heterocycles. The van der Waals surface area contributed by atoms with Crippen LogP contribution in [0.1, 0.15) is 33.1 Å². The molecule has 0 aliphatic carbocycles. The Morgan fingerprint density at radius 3 is 2.44 bits per heavy atom. The molecule has 16 heavy (non-hydrogen) atoms. The highest BCUT2D eigenvalue weighted by atomic mass is 16.3. The van der Waals surface area contributed by atoms with Crippen molar-refractivity contribution in [2.45, 2.75) is 39.2 Å². The highest BCUT2D eigenvalue weighted by molar-refractivity contribution is 5.76.